The average molecular weight is 342 g/mol. The van der Waals surface area contributed by atoms with Crippen LogP contribution in [0, 0.1) is 5.82 Å². The minimum atomic E-state index is -0.231. The van der Waals surface area contributed by atoms with Crippen molar-refractivity contribution in [2.75, 3.05) is 19.4 Å². The number of rotatable bonds is 5. The zero-order valence-corrected chi connectivity index (χ0v) is 14.0. The lowest BCUT2D eigenvalue weighted by molar-refractivity contribution is -0.140. The average Bonchev–Trinajstić information content (AvgIpc) is 2.52. The number of hydrogen-bond donors (Lipinski definition) is 2. The number of carbonyl (C=O) groups is 1. The number of ether oxygens (including phenoxy) is 1. The number of halogens is 1. The first-order chi connectivity index (χ1) is 10.6. The fraction of sp³-hybridized carbons (Fsp3) is 0.467. The Bertz CT molecular complexity index is 554. The van der Waals surface area contributed by atoms with Gasteiger partial charge in [0.15, 0.2) is 5.11 Å². The molecule has 7 heteroatoms. The molecule has 2 rings (SSSR count). The number of carbonyl (C=O) groups excluding carboxylic acids is 1. The Labute approximate surface area is 139 Å². The van der Waals surface area contributed by atoms with E-state index in [-0.39, 0.29) is 17.8 Å². The first-order valence-electron chi connectivity index (χ1n) is 7.13. The van der Waals surface area contributed by atoms with Crippen molar-refractivity contribution in [1.82, 2.24) is 10.6 Å². The van der Waals surface area contributed by atoms with Gasteiger partial charge in [-0.25, -0.2) is 4.39 Å². The van der Waals surface area contributed by atoms with Crippen molar-refractivity contribution in [1.29, 1.82) is 0 Å². The normalized spacial score (nSPS) is 16.5. The predicted molar refractivity (Wildman–Crippen MR) is 89.5 cm³/mol. The second kappa shape index (κ2) is 8.33. The van der Waals surface area contributed by atoms with Gasteiger partial charge in [-0.1, -0.05) is 0 Å². The molecular formula is C15H19FN2O2S2. The second-order valence-electron chi connectivity index (χ2n) is 4.95. The summed E-state index contributed by atoms with van der Waals surface area (Å²) in [4.78, 5) is 12.1. The lowest BCUT2D eigenvalue weighted by Gasteiger charge is -2.27. The highest BCUT2D eigenvalue weighted by Gasteiger charge is 2.21. The summed E-state index contributed by atoms with van der Waals surface area (Å²) in [5.41, 5.74) is 0.954. The zero-order chi connectivity index (χ0) is 15.9. The molecule has 1 aromatic rings. The summed E-state index contributed by atoms with van der Waals surface area (Å²) >= 11 is 7.00. The first kappa shape index (κ1) is 17.0. The molecule has 0 saturated carbocycles. The molecule has 0 spiro atoms. The van der Waals surface area contributed by atoms with Crippen LogP contribution in [0.25, 0.3) is 0 Å². The van der Waals surface area contributed by atoms with E-state index in [9.17, 15) is 9.18 Å². The highest BCUT2D eigenvalue weighted by molar-refractivity contribution is 7.99. The van der Waals surface area contributed by atoms with Crippen molar-refractivity contribution in [3.05, 3.63) is 29.6 Å². The van der Waals surface area contributed by atoms with E-state index in [0.29, 0.717) is 24.5 Å². The summed E-state index contributed by atoms with van der Waals surface area (Å²) in [5, 5.41) is 6.82. The van der Waals surface area contributed by atoms with E-state index < -0.39 is 0 Å². The maximum atomic E-state index is 13.4. The largest absolute Gasteiger partial charge is 0.469 e. The van der Waals surface area contributed by atoms with Crippen LogP contribution in [0.5, 0.6) is 0 Å². The van der Waals surface area contributed by atoms with Gasteiger partial charge in [-0.2, -0.15) is 0 Å². The third kappa shape index (κ3) is 4.84. The number of thiocarbonyl (C=S) groups is 1. The first-order valence-corrected chi connectivity index (χ1v) is 8.53. The van der Waals surface area contributed by atoms with Gasteiger partial charge in [0, 0.05) is 23.6 Å². The van der Waals surface area contributed by atoms with Gasteiger partial charge in [0.2, 0.25) is 0 Å². The third-order valence-electron chi connectivity index (χ3n) is 3.39. The molecule has 1 heterocycles. The van der Waals surface area contributed by atoms with Gasteiger partial charge in [0.25, 0.3) is 0 Å². The molecule has 1 aromatic carbocycles. The van der Waals surface area contributed by atoms with Crippen molar-refractivity contribution < 1.29 is 13.9 Å². The minimum absolute atomic E-state index is 0.0209. The number of methoxy groups -OCH3 is 1. The lowest BCUT2D eigenvalue weighted by Crippen LogP contribution is -2.39. The van der Waals surface area contributed by atoms with Gasteiger partial charge >= 0.3 is 5.97 Å². The second-order valence-corrected chi connectivity index (χ2v) is 6.50. The molecule has 1 aliphatic rings. The Morgan fingerprint density at radius 2 is 2.36 bits per heavy atom. The van der Waals surface area contributed by atoms with Gasteiger partial charge < -0.3 is 15.4 Å². The summed E-state index contributed by atoms with van der Waals surface area (Å²) in [5.74, 6) is 0.515. The van der Waals surface area contributed by atoms with E-state index in [1.54, 1.807) is 17.8 Å². The van der Waals surface area contributed by atoms with Crippen molar-refractivity contribution in [3.63, 3.8) is 0 Å². The molecule has 0 aromatic heterocycles. The molecule has 0 bridgehead atoms. The summed E-state index contributed by atoms with van der Waals surface area (Å²) in [6.07, 6.45) is 1.91. The summed E-state index contributed by atoms with van der Waals surface area (Å²) in [6, 6.07) is 4.89. The van der Waals surface area contributed by atoms with Crippen molar-refractivity contribution in [2.45, 2.75) is 30.2 Å². The van der Waals surface area contributed by atoms with Crippen LogP contribution in [-0.2, 0) is 9.53 Å². The molecule has 22 heavy (non-hydrogen) atoms. The Morgan fingerprint density at radius 3 is 3.14 bits per heavy atom. The van der Waals surface area contributed by atoms with E-state index in [1.165, 1.54) is 13.2 Å². The quantitative estimate of drug-likeness (QED) is 0.487. The molecule has 2 N–H and O–H groups in total. The summed E-state index contributed by atoms with van der Waals surface area (Å²) in [7, 11) is 1.37. The van der Waals surface area contributed by atoms with Crippen molar-refractivity contribution in [2.24, 2.45) is 0 Å². The van der Waals surface area contributed by atoms with Gasteiger partial charge in [0.05, 0.1) is 13.2 Å². The van der Waals surface area contributed by atoms with Crippen LogP contribution in [-0.4, -0.2) is 30.5 Å². The number of esters is 1. The predicted octanol–water partition coefficient (Wildman–Crippen LogP) is 2.78. The highest BCUT2D eigenvalue weighted by Crippen LogP contribution is 2.36. The number of hydrogen-bond acceptors (Lipinski definition) is 4. The molecule has 0 saturated heterocycles. The van der Waals surface area contributed by atoms with Gasteiger partial charge in [-0.05, 0) is 48.8 Å². The molecule has 4 nitrogen and oxygen atoms in total. The van der Waals surface area contributed by atoms with Crippen LogP contribution in [0.3, 0.4) is 0 Å². The standard InChI is InChI=1S/C15H19FN2O2S2/c1-20-14(19)3-2-7-17-15(21)18-12-6-8-22-13-5-4-10(16)9-11(12)13/h4-5,9,12H,2-3,6-8H2,1H3,(H2,17,18,21)/t12-/m0/s1. The molecule has 0 fully saturated rings. The van der Waals surface area contributed by atoms with Crippen LogP contribution < -0.4 is 10.6 Å². The molecule has 1 aliphatic heterocycles. The maximum Gasteiger partial charge on any atom is 0.305 e. The Balaban J connectivity index is 1.83. The van der Waals surface area contributed by atoms with E-state index >= 15 is 0 Å². The van der Waals surface area contributed by atoms with Gasteiger partial charge in [0.1, 0.15) is 5.82 Å². The Hall–Kier alpha value is -1.34. The van der Waals surface area contributed by atoms with Crippen LogP contribution >= 0.6 is 24.0 Å². The van der Waals surface area contributed by atoms with E-state index in [0.717, 1.165) is 22.6 Å². The van der Waals surface area contributed by atoms with Crippen LogP contribution in [0.15, 0.2) is 23.1 Å². The van der Waals surface area contributed by atoms with Crippen molar-refractivity contribution >= 4 is 35.1 Å². The molecular weight excluding hydrogens is 323 g/mol. The third-order valence-corrected chi connectivity index (χ3v) is 4.77. The van der Waals surface area contributed by atoms with Crippen LogP contribution in [0.1, 0.15) is 30.9 Å². The van der Waals surface area contributed by atoms with E-state index in [1.807, 2.05) is 6.07 Å². The summed E-state index contributed by atoms with van der Waals surface area (Å²) in [6.45, 7) is 0.596. The maximum absolute atomic E-state index is 13.4. The van der Waals surface area contributed by atoms with Crippen molar-refractivity contribution in [3.8, 4) is 0 Å². The highest BCUT2D eigenvalue weighted by atomic mass is 32.2. The smallest absolute Gasteiger partial charge is 0.305 e. The molecule has 1 atom stereocenters. The Kier molecular flexibility index (Phi) is 6.45. The summed E-state index contributed by atoms with van der Waals surface area (Å²) < 4.78 is 18.0. The van der Waals surface area contributed by atoms with Gasteiger partial charge in [-0.3, -0.25) is 4.79 Å². The van der Waals surface area contributed by atoms with Crippen LogP contribution in [0.4, 0.5) is 4.39 Å². The number of fused-ring (bicyclic) bond motifs is 1. The molecule has 120 valence electrons. The molecule has 0 amide bonds. The van der Waals surface area contributed by atoms with E-state index in [4.69, 9.17) is 12.2 Å². The number of thioether (sulfide) groups is 1. The molecule has 0 aliphatic carbocycles. The minimum Gasteiger partial charge on any atom is -0.469 e. The SMILES string of the molecule is COC(=O)CCCNC(=S)N[C@H]1CCSc2ccc(F)cc21. The van der Waals surface area contributed by atoms with E-state index in [2.05, 4.69) is 15.4 Å². The molecule has 0 radical (unpaired) electrons. The fourth-order valence-corrected chi connectivity index (χ4v) is 3.61. The fourth-order valence-electron chi connectivity index (χ4n) is 2.26. The Morgan fingerprint density at radius 1 is 1.55 bits per heavy atom. The number of benzene rings is 1. The lowest BCUT2D eigenvalue weighted by atomic mass is 10.0. The zero-order valence-electron chi connectivity index (χ0n) is 12.4. The molecule has 0 unspecified atom stereocenters. The number of nitrogens with one attached hydrogen (secondary N) is 2. The monoisotopic (exact) mass is 342 g/mol. The topological polar surface area (TPSA) is 50.4 Å². The van der Waals surface area contributed by atoms with Gasteiger partial charge in [-0.15, -0.1) is 11.8 Å². The van der Waals surface area contributed by atoms with Crippen LogP contribution in [0.2, 0.25) is 0 Å².